The average Bonchev–Trinajstić information content (AvgIpc) is 2.72. The van der Waals surface area contributed by atoms with Gasteiger partial charge < -0.3 is 15.2 Å². The second kappa shape index (κ2) is 8.77. The van der Waals surface area contributed by atoms with E-state index in [0.717, 1.165) is 16.1 Å². The van der Waals surface area contributed by atoms with Crippen LogP contribution in [-0.4, -0.2) is 21.6 Å². The van der Waals surface area contributed by atoms with E-state index < -0.39 is 5.25 Å². The van der Waals surface area contributed by atoms with Gasteiger partial charge in [-0.25, -0.2) is 0 Å². The molecule has 0 spiro atoms. The molecule has 1 aliphatic rings. The molecule has 6 nitrogen and oxygen atoms in total. The van der Waals surface area contributed by atoms with Gasteiger partial charge in [-0.2, -0.15) is 0 Å². The lowest BCUT2D eigenvalue weighted by molar-refractivity contribution is -0.120. The van der Waals surface area contributed by atoms with Gasteiger partial charge in [-0.15, -0.1) is 11.8 Å². The number of thioether (sulfide) groups is 1. The first-order valence-corrected chi connectivity index (χ1v) is 10.6. The number of carbonyl (C=O) groups excluding carboxylic acids is 2. The predicted molar refractivity (Wildman–Crippen MR) is 119 cm³/mol. The van der Waals surface area contributed by atoms with Crippen LogP contribution in [0.2, 0.25) is 5.02 Å². The van der Waals surface area contributed by atoms with Crippen molar-refractivity contribution in [1.29, 1.82) is 0 Å². The molecule has 30 heavy (non-hydrogen) atoms. The van der Waals surface area contributed by atoms with Crippen molar-refractivity contribution in [3.63, 3.8) is 0 Å². The first-order chi connectivity index (χ1) is 14.5. The van der Waals surface area contributed by atoms with Crippen LogP contribution >= 0.6 is 23.4 Å². The van der Waals surface area contributed by atoms with E-state index in [2.05, 4.69) is 10.6 Å². The Morgan fingerprint density at radius 2 is 1.83 bits per heavy atom. The highest BCUT2D eigenvalue weighted by Gasteiger charge is 2.28. The number of benzene rings is 2. The van der Waals surface area contributed by atoms with E-state index in [0.29, 0.717) is 17.3 Å². The average molecular weight is 440 g/mol. The number of hydrogen-bond acceptors (Lipinski definition) is 4. The van der Waals surface area contributed by atoms with Crippen LogP contribution in [0, 0.1) is 0 Å². The smallest absolute Gasteiger partial charge is 0.250 e. The van der Waals surface area contributed by atoms with Crippen molar-refractivity contribution in [3.05, 3.63) is 87.8 Å². The fourth-order valence-corrected chi connectivity index (χ4v) is 4.45. The zero-order valence-corrected chi connectivity index (χ0v) is 17.4. The van der Waals surface area contributed by atoms with Crippen LogP contribution in [0.25, 0.3) is 0 Å². The van der Waals surface area contributed by atoms with Gasteiger partial charge in [-0.05, 0) is 29.8 Å². The third-order valence-corrected chi connectivity index (χ3v) is 6.29. The number of nitrogens with zero attached hydrogens (tertiary/aromatic N) is 1. The SMILES string of the molecule is O=C(CC1Sc2ccccc2NC1=O)Nc1ccc(=O)n(Cc2ccccc2Cl)c1. The Labute approximate surface area is 182 Å². The van der Waals surface area contributed by atoms with Gasteiger partial charge >= 0.3 is 0 Å². The molecule has 1 aromatic heterocycles. The number of carbonyl (C=O) groups is 2. The highest BCUT2D eigenvalue weighted by atomic mass is 35.5. The molecule has 3 aromatic rings. The van der Waals surface area contributed by atoms with Crippen LogP contribution < -0.4 is 16.2 Å². The Kier molecular flexibility index (Phi) is 5.92. The summed E-state index contributed by atoms with van der Waals surface area (Å²) in [7, 11) is 0. The van der Waals surface area contributed by atoms with Gasteiger partial charge in [0.2, 0.25) is 11.8 Å². The van der Waals surface area contributed by atoms with Gasteiger partial charge in [0.15, 0.2) is 0 Å². The van der Waals surface area contributed by atoms with E-state index in [1.165, 1.54) is 22.4 Å². The Bertz CT molecular complexity index is 1180. The number of rotatable bonds is 5. The van der Waals surface area contributed by atoms with Crippen LogP contribution in [0.15, 0.2) is 76.6 Å². The number of fused-ring (bicyclic) bond motifs is 1. The summed E-state index contributed by atoms with van der Waals surface area (Å²) in [6.45, 7) is 0.292. The summed E-state index contributed by atoms with van der Waals surface area (Å²) in [6.07, 6.45) is 1.60. The van der Waals surface area contributed by atoms with Crippen molar-refractivity contribution < 1.29 is 9.59 Å². The second-order valence-corrected chi connectivity index (χ2v) is 8.47. The van der Waals surface area contributed by atoms with Crippen molar-refractivity contribution in [1.82, 2.24) is 4.57 Å². The Balaban J connectivity index is 1.44. The predicted octanol–water partition coefficient (Wildman–Crippen LogP) is 3.99. The van der Waals surface area contributed by atoms with Crippen LogP contribution in [0.4, 0.5) is 11.4 Å². The molecule has 0 radical (unpaired) electrons. The molecule has 4 rings (SSSR count). The molecule has 8 heteroatoms. The molecule has 1 aliphatic heterocycles. The first-order valence-electron chi connectivity index (χ1n) is 9.30. The lowest BCUT2D eigenvalue weighted by Gasteiger charge is -2.23. The number of hydrogen-bond donors (Lipinski definition) is 2. The maximum absolute atomic E-state index is 12.5. The number of pyridine rings is 1. The van der Waals surface area contributed by atoms with E-state index >= 15 is 0 Å². The normalized spacial score (nSPS) is 15.2. The molecule has 2 N–H and O–H groups in total. The van der Waals surface area contributed by atoms with Crippen molar-refractivity contribution in [2.24, 2.45) is 0 Å². The second-order valence-electron chi connectivity index (χ2n) is 6.82. The van der Waals surface area contributed by atoms with Crippen molar-refractivity contribution in [2.75, 3.05) is 10.6 Å². The highest BCUT2D eigenvalue weighted by molar-refractivity contribution is 8.01. The molecule has 152 valence electrons. The van der Waals surface area contributed by atoms with E-state index in [1.807, 2.05) is 42.5 Å². The number of anilines is 2. The number of amides is 2. The molecule has 0 saturated carbocycles. The zero-order chi connectivity index (χ0) is 21.1. The Morgan fingerprint density at radius 3 is 2.67 bits per heavy atom. The molecule has 0 fully saturated rings. The fraction of sp³-hybridized carbons (Fsp3) is 0.136. The van der Waals surface area contributed by atoms with Crippen LogP contribution in [0.5, 0.6) is 0 Å². The maximum atomic E-state index is 12.5. The molecule has 2 aromatic carbocycles. The zero-order valence-electron chi connectivity index (χ0n) is 15.8. The molecular formula is C22H18ClN3O3S. The standard InChI is InChI=1S/C22H18ClN3O3S/c23-16-6-2-1-5-14(16)12-26-13-15(9-10-21(26)28)24-20(27)11-19-22(29)25-17-7-3-4-8-18(17)30-19/h1-10,13,19H,11-12H2,(H,24,27)(H,25,29). The summed E-state index contributed by atoms with van der Waals surface area (Å²) >= 11 is 7.55. The van der Waals surface area contributed by atoms with Gasteiger partial charge in [-0.3, -0.25) is 14.4 Å². The third kappa shape index (κ3) is 4.58. The Morgan fingerprint density at radius 1 is 1.07 bits per heavy atom. The molecule has 1 atom stereocenters. The summed E-state index contributed by atoms with van der Waals surface area (Å²) < 4.78 is 1.48. The summed E-state index contributed by atoms with van der Waals surface area (Å²) in [5.41, 5.74) is 1.84. The monoisotopic (exact) mass is 439 g/mol. The van der Waals surface area contributed by atoms with Crippen molar-refractivity contribution >= 4 is 46.6 Å². The summed E-state index contributed by atoms with van der Waals surface area (Å²) in [5.74, 6) is -0.498. The maximum Gasteiger partial charge on any atom is 0.250 e. The molecule has 2 heterocycles. The number of halogens is 1. The lowest BCUT2D eigenvalue weighted by atomic mass is 10.2. The number of para-hydroxylation sites is 1. The minimum absolute atomic E-state index is 0.0223. The molecule has 2 amide bonds. The molecule has 1 unspecified atom stereocenters. The minimum Gasteiger partial charge on any atom is -0.325 e. The van der Waals surface area contributed by atoms with Crippen molar-refractivity contribution in [3.8, 4) is 0 Å². The van der Waals surface area contributed by atoms with Crippen LogP contribution in [0.1, 0.15) is 12.0 Å². The lowest BCUT2D eigenvalue weighted by Crippen LogP contribution is -2.32. The largest absolute Gasteiger partial charge is 0.325 e. The van der Waals surface area contributed by atoms with E-state index in [9.17, 15) is 14.4 Å². The van der Waals surface area contributed by atoms with Crippen molar-refractivity contribution in [2.45, 2.75) is 23.1 Å². The van der Waals surface area contributed by atoms with E-state index in [4.69, 9.17) is 11.6 Å². The summed E-state index contributed by atoms with van der Waals surface area (Å²) in [6, 6.07) is 17.7. The van der Waals surface area contributed by atoms with E-state index in [-0.39, 0.29) is 23.8 Å². The van der Waals surface area contributed by atoms with Crippen LogP contribution in [0.3, 0.4) is 0 Å². The quantitative estimate of drug-likeness (QED) is 0.629. The summed E-state index contributed by atoms with van der Waals surface area (Å²) in [4.78, 5) is 38.0. The first kappa shape index (κ1) is 20.3. The number of aromatic nitrogens is 1. The van der Waals surface area contributed by atoms with Gasteiger partial charge in [0.05, 0.1) is 23.2 Å². The highest BCUT2D eigenvalue weighted by Crippen LogP contribution is 2.36. The molecule has 0 aliphatic carbocycles. The van der Waals surface area contributed by atoms with Crippen LogP contribution in [-0.2, 0) is 16.1 Å². The third-order valence-electron chi connectivity index (χ3n) is 4.64. The molecule has 0 bridgehead atoms. The topological polar surface area (TPSA) is 80.2 Å². The molecular weight excluding hydrogens is 422 g/mol. The van der Waals surface area contributed by atoms with Gasteiger partial charge in [0.1, 0.15) is 0 Å². The van der Waals surface area contributed by atoms with Gasteiger partial charge in [-0.1, -0.05) is 41.9 Å². The Hall–Kier alpha value is -3.03. The van der Waals surface area contributed by atoms with Gasteiger partial charge in [0, 0.05) is 28.6 Å². The summed E-state index contributed by atoms with van der Waals surface area (Å²) in [5, 5.41) is 5.66. The molecule has 0 saturated heterocycles. The van der Waals surface area contributed by atoms with Gasteiger partial charge in [0.25, 0.3) is 5.56 Å². The van der Waals surface area contributed by atoms with E-state index in [1.54, 1.807) is 18.3 Å². The number of nitrogens with one attached hydrogen (secondary N) is 2. The fourth-order valence-electron chi connectivity index (χ4n) is 3.15. The minimum atomic E-state index is -0.520.